The zero-order valence-electron chi connectivity index (χ0n) is 7.48. The Bertz CT molecular complexity index is 389. The van der Waals surface area contributed by atoms with E-state index in [1.54, 1.807) is 0 Å². The van der Waals surface area contributed by atoms with Crippen molar-refractivity contribution in [3.05, 3.63) is 33.9 Å². The minimum atomic E-state index is -0.553. The summed E-state index contributed by atoms with van der Waals surface area (Å²) in [6, 6.07) is 4.03. The van der Waals surface area contributed by atoms with Crippen LogP contribution in [0, 0.1) is 15.5 Å². The minimum Gasteiger partial charge on any atom is -0.490 e. The molecule has 0 aromatic heterocycles. The highest BCUT2D eigenvalue weighted by molar-refractivity contribution is 5.95. The van der Waals surface area contributed by atoms with Crippen molar-refractivity contribution in [1.29, 1.82) is 5.41 Å². The number of methoxy groups -OCH3 is 1. The van der Waals surface area contributed by atoms with Gasteiger partial charge in [0, 0.05) is 11.6 Å². The van der Waals surface area contributed by atoms with E-state index in [1.165, 1.54) is 25.3 Å². The molecule has 0 saturated heterocycles. The van der Waals surface area contributed by atoms with Gasteiger partial charge in [-0.1, -0.05) is 0 Å². The summed E-state index contributed by atoms with van der Waals surface area (Å²) in [6.07, 6.45) is 0. The maximum atomic E-state index is 10.5. The fourth-order valence-electron chi connectivity index (χ4n) is 0.996. The van der Waals surface area contributed by atoms with Gasteiger partial charge in [0.05, 0.1) is 12.0 Å². The van der Waals surface area contributed by atoms with Gasteiger partial charge in [-0.3, -0.25) is 15.5 Å². The predicted octanol–water partition coefficient (Wildman–Crippen LogP) is 0.887. The molecule has 0 amide bonds. The number of nitrogens with zero attached hydrogens (tertiary/aromatic N) is 1. The van der Waals surface area contributed by atoms with Crippen LogP contribution in [-0.2, 0) is 0 Å². The number of nitro groups is 1. The van der Waals surface area contributed by atoms with Crippen molar-refractivity contribution in [2.75, 3.05) is 7.11 Å². The molecule has 1 rings (SSSR count). The first-order valence-electron chi connectivity index (χ1n) is 3.73. The van der Waals surface area contributed by atoms with Gasteiger partial charge in [-0.05, 0) is 12.1 Å². The fraction of sp³-hybridized carbons (Fsp3) is 0.125. The van der Waals surface area contributed by atoms with E-state index in [4.69, 9.17) is 15.9 Å². The van der Waals surface area contributed by atoms with Gasteiger partial charge in [-0.15, -0.1) is 0 Å². The van der Waals surface area contributed by atoms with Crippen LogP contribution in [0.25, 0.3) is 0 Å². The summed E-state index contributed by atoms with van der Waals surface area (Å²) in [5.41, 5.74) is 5.48. The van der Waals surface area contributed by atoms with E-state index in [0.717, 1.165) is 0 Å². The van der Waals surface area contributed by atoms with E-state index in [1.807, 2.05) is 0 Å². The molecule has 6 heteroatoms. The molecule has 1 aromatic carbocycles. The molecule has 0 saturated carbocycles. The molecule has 0 spiro atoms. The molecular weight excluding hydrogens is 186 g/mol. The van der Waals surface area contributed by atoms with Crippen LogP contribution in [0.4, 0.5) is 5.69 Å². The Morgan fingerprint density at radius 3 is 2.71 bits per heavy atom. The Hall–Kier alpha value is -2.11. The van der Waals surface area contributed by atoms with E-state index < -0.39 is 4.92 Å². The number of nitro benzene ring substituents is 1. The summed E-state index contributed by atoms with van der Waals surface area (Å²) < 4.78 is 4.80. The number of benzene rings is 1. The molecule has 3 N–H and O–H groups in total. The van der Waals surface area contributed by atoms with E-state index in [9.17, 15) is 10.1 Å². The SMILES string of the molecule is COc1cc(C(=N)N)ccc1[N+](=O)[O-]. The number of hydrogen-bond donors (Lipinski definition) is 2. The highest BCUT2D eigenvalue weighted by atomic mass is 16.6. The molecule has 0 fully saturated rings. The van der Waals surface area contributed by atoms with Gasteiger partial charge >= 0.3 is 5.69 Å². The molecule has 1 aromatic rings. The predicted molar refractivity (Wildman–Crippen MR) is 50.7 cm³/mol. The number of rotatable bonds is 3. The molecule has 0 bridgehead atoms. The van der Waals surface area contributed by atoms with Gasteiger partial charge in [0.1, 0.15) is 5.84 Å². The smallest absolute Gasteiger partial charge is 0.310 e. The van der Waals surface area contributed by atoms with Crippen LogP contribution in [-0.4, -0.2) is 17.9 Å². The average Bonchev–Trinajstić information content (AvgIpc) is 2.16. The van der Waals surface area contributed by atoms with Crippen LogP contribution in [0.5, 0.6) is 5.75 Å². The van der Waals surface area contributed by atoms with E-state index in [0.29, 0.717) is 5.56 Å². The third-order valence-electron chi connectivity index (χ3n) is 1.69. The molecule has 0 aliphatic carbocycles. The largest absolute Gasteiger partial charge is 0.490 e. The second-order valence-electron chi connectivity index (χ2n) is 2.56. The lowest BCUT2D eigenvalue weighted by atomic mass is 10.2. The number of amidine groups is 1. The Labute approximate surface area is 80.0 Å². The van der Waals surface area contributed by atoms with E-state index in [2.05, 4.69) is 0 Å². The van der Waals surface area contributed by atoms with Gasteiger partial charge in [-0.25, -0.2) is 0 Å². The van der Waals surface area contributed by atoms with Crippen molar-refractivity contribution >= 4 is 11.5 Å². The Kier molecular flexibility index (Phi) is 2.66. The second-order valence-corrected chi connectivity index (χ2v) is 2.56. The van der Waals surface area contributed by atoms with Crippen LogP contribution in [0.2, 0.25) is 0 Å². The Morgan fingerprint density at radius 1 is 1.64 bits per heavy atom. The van der Waals surface area contributed by atoms with Crippen molar-refractivity contribution < 1.29 is 9.66 Å². The monoisotopic (exact) mass is 195 g/mol. The molecular formula is C8H9N3O3. The number of ether oxygens (including phenoxy) is 1. The summed E-state index contributed by atoms with van der Waals surface area (Å²) in [5.74, 6) is -0.0547. The number of nitrogen functional groups attached to an aromatic ring is 1. The van der Waals surface area contributed by atoms with Gasteiger partial charge in [0.15, 0.2) is 5.75 Å². The first-order valence-corrected chi connectivity index (χ1v) is 3.73. The van der Waals surface area contributed by atoms with Crippen LogP contribution < -0.4 is 10.5 Å². The normalized spacial score (nSPS) is 9.50. The summed E-state index contributed by atoms with van der Waals surface area (Å²) in [4.78, 5) is 9.95. The molecule has 14 heavy (non-hydrogen) atoms. The van der Waals surface area contributed by atoms with Gasteiger partial charge < -0.3 is 10.5 Å². The standard InChI is InChI=1S/C8H9N3O3/c1-14-7-4-5(8(9)10)2-3-6(7)11(12)13/h2-4H,1H3,(H3,9,10). The minimum absolute atomic E-state index is 0.0997. The Balaban J connectivity index is 3.25. The van der Waals surface area contributed by atoms with E-state index in [-0.39, 0.29) is 17.3 Å². The van der Waals surface area contributed by atoms with E-state index >= 15 is 0 Å². The molecule has 6 nitrogen and oxygen atoms in total. The van der Waals surface area contributed by atoms with Crippen LogP contribution in [0.3, 0.4) is 0 Å². The summed E-state index contributed by atoms with van der Waals surface area (Å²) in [6.45, 7) is 0. The van der Waals surface area contributed by atoms with Crippen LogP contribution in [0.1, 0.15) is 5.56 Å². The van der Waals surface area contributed by atoms with Crippen molar-refractivity contribution in [2.24, 2.45) is 5.73 Å². The second kappa shape index (κ2) is 3.73. The lowest BCUT2D eigenvalue weighted by molar-refractivity contribution is -0.385. The van der Waals surface area contributed by atoms with Gasteiger partial charge in [0.25, 0.3) is 0 Å². The topological polar surface area (TPSA) is 102 Å². The lowest BCUT2D eigenvalue weighted by Crippen LogP contribution is -2.11. The Morgan fingerprint density at radius 2 is 2.29 bits per heavy atom. The molecule has 0 atom stereocenters. The van der Waals surface area contributed by atoms with Crippen molar-refractivity contribution in [2.45, 2.75) is 0 Å². The number of nitrogens with two attached hydrogens (primary N) is 1. The van der Waals surface area contributed by atoms with Crippen molar-refractivity contribution in [3.63, 3.8) is 0 Å². The first kappa shape index (κ1) is 9.97. The van der Waals surface area contributed by atoms with Gasteiger partial charge in [-0.2, -0.15) is 0 Å². The zero-order valence-corrected chi connectivity index (χ0v) is 7.48. The van der Waals surface area contributed by atoms with Crippen molar-refractivity contribution in [1.82, 2.24) is 0 Å². The fourth-order valence-corrected chi connectivity index (χ4v) is 0.996. The summed E-state index contributed by atoms with van der Waals surface area (Å²) >= 11 is 0. The molecule has 74 valence electrons. The molecule has 0 heterocycles. The molecule has 0 radical (unpaired) electrons. The number of hydrogen-bond acceptors (Lipinski definition) is 4. The highest BCUT2D eigenvalue weighted by Gasteiger charge is 2.14. The summed E-state index contributed by atoms with van der Waals surface area (Å²) in [7, 11) is 1.33. The van der Waals surface area contributed by atoms with Crippen LogP contribution in [0.15, 0.2) is 18.2 Å². The molecule has 0 unspecified atom stereocenters. The zero-order chi connectivity index (χ0) is 10.7. The molecule has 0 aliphatic heterocycles. The van der Waals surface area contributed by atoms with Gasteiger partial charge in [0.2, 0.25) is 0 Å². The maximum Gasteiger partial charge on any atom is 0.310 e. The first-order chi connectivity index (χ1) is 6.56. The molecule has 0 aliphatic rings. The quantitative estimate of drug-likeness (QED) is 0.323. The number of nitrogens with one attached hydrogen (secondary N) is 1. The lowest BCUT2D eigenvalue weighted by Gasteiger charge is -2.03. The average molecular weight is 195 g/mol. The highest BCUT2D eigenvalue weighted by Crippen LogP contribution is 2.27. The maximum absolute atomic E-state index is 10.5. The van der Waals surface area contributed by atoms with Crippen molar-refractivity contribution in [3.8, 4) is 5.75 Å². The third kappa shape index (κ3) is 1.79. The third-order valence-corrected chi connectivity index (χ3v) is 1.69. The summed E-state index contributed by atoms with van der Waals surface area (Å²) in [5, 5.41) is 17.6. The van der Waals surface area contributed by atoms with Crippen LogP contribution >= 0.6 is 0 Å².